The topological polar surface area (TPSA) is 43.4 Å². The van der Waals surface area contributed by atoms with E-state index in [0.717, 1.165) is 0 Å². The molecule has 0 aliphatic carbocycles. The number of ether oxygens (including phenoxy) is 1. The van der Waals surface area contributed by atoms with Crippen LogP contribution in [-0.2, 0) is 4.74 Å². The predicted octanol–water partition coefficient (Wildman–Crippen LogP) is 4.74. The molecule has 0 amide bonds. The lowest BCUT2D eigenvalue weighted by molar-refractivity contribution is 0.0398. The highest BCUT2D eigenvalue weighted by Gasteiger charge is 2.13. The van der Waals surface area contributed by atoms with Crippen LogP contribution in [0.2, 0.25) is 0 Å². The molecule has 0 saturated carbocycles. The highest BCUT2D eigenvalue weighted by Crippen LogP contribution is 2.05. The molecule has 3 nitrogen and oxygen atoms in total. The second kappa shape index (κ2) is 11.4. The van der Waals surface area contributed by atoms with Crippen LogP contribution in [0.1, 0.15) is 48.4 Å². The van der Waals surface area contributed by atoms with Gasteiger partial charge in [0.15, 0.2) is 0 Å². The Kier molecular flexibility index (Phi) is 10.1. The van der Waals surface area contributed by atoms with E-state index in [1.807, 2.05) is 27.7 Å². The van der Waals surface area contributed by atoms with Crippen molar-refractivity contribution in [3.05, 3.63) is 71.8 Å². The van der Waals surface area contributed by atoms with Crippen molar-refractivity contribution in [2.45, 2.75) is 27.7 Å². The van der Waals surface area contributed by atoms with E-state index in [0.29, 0.717) is 11.1 Å². The zero-order valence-electron chi connectivity index (χ0n) is 13.0. The second-order valence-electron chi connectivity index (χ2n) is 3.41. The van der Waals surface area contributed by atoms with Crippen LogP contribution in [0.3, 0.4) is 0 Å². The minimum Gasteiger partial charge on any atom is -0.386 e. The van der Waals surface area contributed by atoms with Crippen molar-refractivity contribution in [2.75, 3.05) is 0 Å². The van der Waals surface area contributed by atoms with E-state index >= 15 is 0 Å². The lowest BCUT2D eigenvalue weighted by Crippen LogP contribution is -2.12. The van der Waals surface area contributed by atoms with Gasteiger partial charge >= 0.3 is 11.9 Å². The Morgan fingerprint density at radius 2 is 0.905 bits per heavy atom. The average Bonchev–Trinajstić information content (AvgIpc) is 2.60. The highest BCUT2D eigenvalue weighted by atomic mass is 16.6. The Morgan fingerprint density at radius 3 is 1.19 bits per heavy atom. The number of esters is 2. The van der Waals surface area contributed by atoms with Crippen LogP contribution in [0.4, 0.5) is 0 Å². The molecule has 0 radical (unpaired) electrons. The lowest BCUT2D eigenvalue weighted by Gasteiger charge is -2.02. The summed E-state index contributed by atoms with van der Waals surface area (Å²) in [6.45, 7) is 8.00. The first-order valence-corrected chi connectivity index (χ1v) is 7.14. The minimum absolute atomic E-state index is 0.358. The molecule has 0 bridgehead atoms. The van der Waals surface area contributed by atoms with E-state index < -0.39 is 11.9 Å². The van der Waals surface area contributed by atoms with Gasteiger partial charge in [-0.1, -0.05) is 64.1 Å². The van der Waals surface area contributed by atoms with Gasteiger partial charge in [0, 0.05) is 0 Å². The van der Waals surface area contributed by atoms with Gasteiger partial charge in [-0.05, 0) is 24.3 Å². The molecule has 21 heavy (non-hydrogen) atoms. The summed E-state index contributed by atoms with van der Waals surface area (Å²) in [4.78, 5) is 23.2. The lowest BCUT2D eigenvalue weighted by atomic mass is 10.2. The van der Waals surface area contributed by atoms with Gasteiger partial charge in [-0.25, -0.2) is 9.59 Å². The Morgan fingerprint density at radius 1 is 0.619 bits per heavy atom. The number of carbonyl (C=O) groups excluding carboxylic acids is 2. The predicted molar refractivity (Wildman–Crippen MR) is 85.3 cm³/mol. The van der Waals surface area contributed by atoms with Crippen LogP contribution < -0.4 is 0 Å². The number of hydrogen-bond acceptors (Lipinski definition) is 3. The molecule has 0 atom stereocenters. The molecule has 0 aliphatic rings. The van der Waals surface area contributed by atoms with Crippen LogP contribution in [0.25, 0.3) is 0 Å². The van der Waals surface area contributed by atoms with E-state index in [9.17, 15) is 9.59 Å². The van der Waals surface area contributed by atoms with Gasteiger partial charge in [-0.15, -0.1) is 0 Å². The summed E-state index contributed by atoms with van der Waals surface area (Å²) in [6.07, 6.45) is 0. The Bertz CT molecular complexity index is 469. The van der Waals surface area contributed by atoms with Crippen LogP contribution in [0.5, 0.6) is 0 Å². The summed E-state index contributed by atoms with van der Waals surface area (Å²) in [7, 11) is 0. The number of hydrogen-bond donors (Lipinski definition) is 0. The summed E-state index contributed by atoms with van der Waals surface area (Å²) < 4.78 is 4.74. The first kappa shape index (κ1) is 18.6. The molecule has 0 heterocycles. The van der Waals surface area contributed by atoms with Crippen molar-refractivity contribution >= 4 is 11.9 Å². The fraction of sp³-hybridized carbons (Fsp3) is 0.222. The summed E-state index contributed by atoms with van der Waals surface area (Å²) in [5.41, 5.74) is 0.716. The molecule has 0 N–H and O–H groups in total. The van der Waals surface area contributed by atoms with Gasteiger partial charge in [0.25, 0.3) is 0 Å². The summed E-state index contributed by atoms with van der Waals surface area (Å²) in [5.74, 6) is -1.28. The van der Waals surface area contributed by atoms with Crippen molar-refractivity contribution in [1.82, 2.24) is 0 Å². The van der Waals surface area contributed by atoms with Crippen LogP contribution >= 0.6 is 0 Å². The first-order chi connectivity index (χ1) is 10.3. The third kappa shape index (κ3) is 6.52. The van der Waals surface area contributed by atoms with Gasteiger partial charge in [0.1, 0.15) is 0 Å². The summed E-state index contributed by atoms with van der Waals surface area (Å²) in [5, 5.41) is 0. The largest absolute Gasteiger partial charge is 0.386 e. The third-order valence-electron chi connectivity index (χ3n) is 2.20. The van der Waals surface area contributed by atoms with Gasteiger partial charge in [-0.2, -0.15) is 0 Å². The van der Waals surface area contributed by atoms with Crippen LogP contribution in [-0.4, -0.2) is 11.9 Å². The van der Waals surface area contributed by atoms with E-state index in [2.05, 4.69) is 0 Å². The smallest absolute Gasteiger partial charge is 0.346 e. The minimum atomic E-state index is -0.639. The standard InChI is InChI=1S/C14H10O3.2C2H6/c15-13(11-7-3-1-4-8-11)17-14(16)12-9-5-2-6-10-12;2*1-2/h1-10H;2*1-2H3. The van der Waals surface area contributed by atoms with Crippen LogP contribution in [0.15, 0.2) is 60.7 Å². The molecule has 3 heteroatoms. The third-order valence-corrected chi connectivity index (χ3v) is 2.20. The zero-order chi connectivity index (χ0) is 16.1. The average molecular weight is 286 g/mol. The van der Waals surface area contributed by atoms with Gasteiger partial charge in [0.2, 0.25) is 0 Å². The normalized spacial score (nSPS) is 8.38. The number of carbonyl (C=O) groups is 2. The summed E-state index contributed by atoms with van der Waals surface area (Å²) in [6, 6.07) is 16.8. The molecule has 0 fully saturated rings. The molecule has 2 aromatic rings. The molecule has 112 valence electrons. The van der Waals surface area contributed by atoms with Crippen molar-refractivity contribution in [3.63, 3.8) is 0 Å². The summed E-state index contributed by atoms with van der Waals surface area (Å²) >= 11 is 0. The van der Waals surface area contributed by atoms with Gasteiger partial charge in [-0.3, -0.25) is 0 Å². The molecule has 0 aliphatic heterocycles. The van der Waals surface area contributed by atoms with Crippen molar-refractivity contribution in [1.29, 1.82) is 0 Å². The first-order valence-electron chi connectivity index (χ1n) is 7.14. The number of rotatable bonds is 2. The van der Waals surface area contributed by atoms with E-state index in [1.54, 1.807) is 60.7 Å². The van der Waals surface area contributed by atoms with E-state index in [1.165, 1.54) is 0 Å². The van der Waals surface area contributed by atoms with Crippen LogP contribution in [0, 0.1) is 0 Å². The maximum Gasteiger partial charge on any atom is 0.346 e. The fourth-order valence-corrected chi connectivity index (χ4v) is 1.35. The Balaban J connectivity index is 0.000000921. The van der Waals surface area contributed by atoms with E-state index in [4.69, 9.17) is 4.74 Å². The maximum atomic E-state index is 11.6. The van der Waals surface area contributed by atoms with Crippen molar-refractivity contribution < 1.29 is 14.3 Å². The monoisotopic (exact) mass is 286 g/mol. The molecule has 0 spiro atoms. The molecular weight excluding hydrogens is 264 g/mol. The van der Waals surface area contributed by atoms with Crippen molar-refractivity contribution in [3.8, 4) is 0 Å². The van der Waals surface area contributed by atoms with Crippen molar-refractivity contribution in [2.24, 2.45) is 0 Å². The molecule has 0 unspecified atom stereocenters. The molecule has 0 saturated heterocycles. The second-order valence-corrected chi connectivity index (χ2v) is 3.41. The fourth-order valence-electron chi connectivity index (χ4n) is 1.35. The number of benzene rings is 2. The molecule has 2 rings (SSSR count). The molecular formula is C18H22O3. The Labute approximate surface area is 126 Å². The molecule has 2 aromatic carbocycles. The molecule has 0 aromatic heterocycles. The zero-order valence-corrected chi connectivity index (χ0v) is 13.0. The quantitative estimate of drug-likeness (QED) is 0.591. The SMILES string of the molecule is CC.CC.O=C(OC(=O)c1ccccc1)c1ccccc1. The Hall–Kier alpha value is -2.42. The highest BCUT2D eigenvalue weighted by molar-refractivity contribution is 6.02. The maximum absolute atomic E-state index is 11.6. The van der Waals surface area contributed by atoms with Gasteiger partial charge < -0.3 is 4.74 Å². The van der Waals surface area contributed by atoms with E-state index in [-0.39, 0.29) is 0 Å². The van der Waals surface area contributed by atoms with Gasteiger partial charge in [0.05, 0.1) is 11.1 Å².